The van der Waals surface area contributed by atoms with Crippen molar-refractivity contribution in [1.29, 1.82) is 0 Å². The van der Waals surface area contributed by atoms with E-state index >= 15 is 0 Å². The molecule has 1 aliphatic rings. The molecular weight excluding hydrogens is 459 g/mol. The lowest BCUT2D eigenvalue weighted by atomic mass is 10.2. The molecule has 0 aliphatic carbocycles. The zero-order chi connectivity index (χ0) is 17.5. The molecule has 3 rings (SSSR count). The summed E-state index contributed by atoms with van der Waals surface area (Å²) in [5.41, 5.74) is 1.04. The van der Waals surface area contributed by atoms with E-state index in [-0.39, 0.29) is 24.0 Å². The quantitative estimate of drug-likeness (QED) is 0.389. The fraction of sp³-hybridized carbons (Fsp3) is 0.474. The summed E-state index contributed by atoms with van der Waals surface area (Å²) >= 11 is 2.06. The van der Waals surface area contributed by atoms with E-state index in [1.165, 1.54) is 6.42 Å². The number of nitrogens with one attached hydrogen (secondary N) is 1. The van der Waals surface area contributed by atoms with E-state index in [1.54, 1.807) is 6.20 Å². The average molecular weight is 486 g/mol. The monoisotopic (exact) mass is 486 g/mol. The number of hydrogen-bond donors (Lipinski definition) is 1. The Hall–Kier alpha value is -1.22. The van der Waals surface area contributed by atoms with Gasteiger partial charge in [-0.2, -0.15) is 11.8 Å². The number of benzene rings is 1. The van der Waals surface area contributed by atoms with E-state index in [9.17, 15) is 0 Å². The molecule has 0 bridgehead atoms. The van der Waals surface area contributed by atoms with Crippen LogP contribution in [0, 0.1) is 0 Å². The standard InChI is InChI=1S/C19H26N4OS.HI/c1-3-16-14-23(10-11-25-16)19(20-4-2)22-13-18-21-12-17(24-18)15-8-6-5-7-9-15;/h5-9,12,16H,3-4,10-11,13-14H2,1-2H3,(H,20,22);1H. The first-order valence-corrected chi connectivity index (χ1v) is 10.00. The van der Waals surface area contributed by atoms with Crippen LogP contribution in [0.15, 0.2) is 45.9 Å². The predicted octanol–water partition coefficient (Wildman–Crippen LogP) is 4.25. The molecule has 1 unspecified atom stereocenters. The third-order valence-electron chi connectivity index (χ3n) is 4.20. The molecule has 1 saturated heterocycles. The Bertz CT molecular complexity index is 692. The minimum absolute atomic E-state index is 0. The molecule has 0 spiro atoms. The lowest BCUT2D eigenvalue weighted by Gasteiger charge is -2.34. The average Bonchev–Trinajstić information content (AvgIpc) is 3.15. The van der Waals surface area contributed by atoms with Gasteiger partial charge in [0.1, 0.15) is 6.54 Å². The Morgan fingerprint density at radius 3 is 2.88 bits per heavy atom. The van der Waals surface area contributed by atoms with Crippen molar-refractivity contribution in [3.63, 3.8) is 0 Å². The zero-order valence-corrected chi connectivity index (χ0v) is 18.5. The van der Waals surface area contributed by atoms with E-state index in [4.69, 9.17) is 9.41 Å². The topological polar surface area (TPSA) is 53.7 Å². The Balaban J connectivity index is 0.00000243. The van der Waals surface area contributed by atoms with Crippen LogP contribution in [0.2, 0.25) is 0 Å². The fourth-order valence-electron chi connectivity index (χ4n) is 2.85. The van der Waals surface area contributed by atoms with Crippen LogP contribution in [0.5, 0.6) is 0 Å². The predicted molar refractivity (Wildman–Crippen MR) is 120 cm³/mol. The molecule has 1 fully saturated rings. The SMILES string of the molecule is CCNC(=NCc1ncc(-c2ccccc2)o1)N1CCSC(CC)C1.I. The molecule has 0 amide bonds. The van der Waals surface area contributed by atoms with Gasteiger partial charge in [0.25, 0.3) is 0 Å². The van der Waals surface area contributed by atoms with Gasteiger partial charge in [-0.05, 0) is 13.3 Å². The number of aromatic nitrogens is 1. The van der Waals surface area contributed by atoms with E-state index in [1.807, 2.05) is 30.3 Å². The number of hydrogen-bond acceptors (Lipinski definition) is 4. The van der Waals surface area contributed by atoms with Crippen molar-refractivity contribution in [2.45, 2.75) is 32.1 Å². The van der Waals surface area contributed by atoms with Crippen molar-refractivity contribution in [1.82, 2.24) is 15.2 Å². The van der Waals surface area contributed by atoms with Crippen LogP contribution in [-0.2, 0) is 6.54 Å². The van der Waals surface area contributed by atoms with E-state index in [0.29, 0.717) is 17.7 Å². The molecule has 142 valence electrons. The molecule has 0 saturated carbocycles. The first-order valence-electron chi connectivity index (χ1n) is 8.95. The largest absolute Gasteiger partial charge is 0.439 e. The molecule has 1 atom stereocenters. The fourth-order valence-corrected chi connectivity index (χ4v) is 4.03. The molecule has 1 aromatic heterocycles. The van der Waals surface area contributed by atoms with Crippen LogP contribution < -0.4 is 5.32 Å². The summed E-state index contributed by atoms with van der Waals surface area (Å²) in [6.07, 6.45) is 2.97. The van der Waals surface area contributed by atoms with Crippen molar-refractivity contribution >= 4 is 41.7 Å². The van der Waals surface area contributed by atoms with Crippen LogP contribution in [0.3, 0.4) is 0 Å². The lowest BCUT2D eigenvalue weighted by molar-refractivity contribution is 0.406. The summed E-state index contributed by atoms with van der Waals surface area (Å²) in [4.78, 5) is 11.5. The van der Waals surface area contributed by atoms with Crippen LogP contribution in [0.1, 0.15) is 26.2 Å². The van der Waals surface area contributed by atoms with Gasteiger partial charge in [0, 0.05) is 36.2 Å². The van der Waals surface area contributed by atoms with Crippen molar-refractivity contribution in [2.75, 3.05) is 25.4 Å². The normalized spacial score (nSPS) is 17.7. The minimum atomic E-state index is 0. The van der Waals surface area contributed by atoms with Gasteiger partial charge in [-0.3, -0.25) is 0 Å². The maximum absolute atomic E-state index is 5.86. The smallest absolute Gasteiger partial charge is 0.216 e. The number of rotatable bonds is 5. The highest BCUT2D eigenvalue weighted by Gasteiger charge is 2.21. The summed E-state index contributed by atoms with van der Waals surface area (Å²) in [5.74, 6) is 3.55. The van der Waals surface area contributed by atoms with Gasteiger partial charge in [-0.1, -0.05) is 37.3 Å². The second kappa shape index (κ2) is 10.8. The maximum atomic E-state index is 5.86. The van der Waals surface area contributed by atoms with Crippen LogP contribution >= 0.6 is 35.7 Å². The van der Waals surface area contributed by atoms with Gasteiger partial charge in [0.15, 0.2) is 11.7 Å². The summed E-state index contributed by atoms with van der Waals surface area (Å²) < 4.78 is 5.86. The molecular formula is C19H27IN4OS. The second-order valence-corrected chi connectivity index (χ2v) is 7.41. The third-order valence-corrected chi connectivity index (χ3v) is 5.58. The van der Waals surface area contributed by atoms with Gasteiger partial charge < -0.3 is 14.6 Å². The highest BCUT2D eigenvalue weighted by atomic mass is 127. The van der Waals surface area contributed by atoms with Gasteiger partial charge in [-0.25, -0.2) is 9.98 Å². The zero-order valence-electron chi connectivity index (χ0n) is 15.4. The summed E-state index contributed by atoms with van der Waals surface area (Å²) in [5, 5.41) is 4.09. The summed E-state index contributed by atoms with van der Waals surface area (Å²) in [7, 11) is 0. The third kappa shape index (κ3) is 5.64. The molecule has 2 aromatic rings. The molecule has 1 aromatic carbocycles. The van der Waals surface area contributed by atoms with Gasteiger partial charge >= 0.3 is 0 Å². The number of halogens is 1. The number of nitrogens with zero attached hydrogens (tertiary/aromatic N) is 3. The molecule has 1 N–H and O–H groups in total. The highest BCUT2D eigenvalue weighted by molar-refractivity contribution is 14.0. The number of oxazole rings is 1. The summed E-state index contributed by atoms with van der Waals surface area (Å²) in [6.45, 7) is 7.75. The Morgan fingerprint density at radius 1 is 1.35 bits per heavy atom. The van der Waals surface area contributed by atoms with Crippen molar-refractivity contribution in [2.24, 2.45) is 4.99 Å². The Kier molecular flexibility index (Phi) is 8.77. The highest BCUT2D eigenvalue weighted by Crippen LogP contribution is 2.22. The maximum Gasteiger partial charge on any atom is 0.216 e. The molecule has 7 heteroatoms. The molecule has 0 radical (unpaired) electrons. The van der Waals surface area contributed by atoms with Gasteiger partial charge in [0.05, 0.1) is 6.20 Å². The molecule has 1 aliphatic heterocycles. The molecule has 5 nitrogen and oxygen atoms in total. The second-order valence-electron chi connectivity index (χ2n) is 6.00. The first kappa shape index (κ1) is 21.1. The number of aliphatic imine (C=N–C) groups is 1. The van der Waals surface area contributed by atoms with E-state index in [0.717, 1.165) is 42.7 Å². The van der Waals surface area contributed by atoms with Crippen molar-refractivity contribution < 1.29 is 4.42 Å². The Labute approximate surface area is 177 Å². The molecule has 2 heterocycles. The van der Waals surface area contributed by atoms with E-state index in [2.05, 4.69) is 40.8 Å². The van der Waals surface area contributed by atoms with Crippen molar-refractivity contribution in [3.8, 4) is 11.3 Å². The van der Waals surface area contributed by atoms with Crippen LogP contribution in [0.25, 0.3) is 11.3 Å². The minimum Gasteiger partial charge on any atom is -0.439 e. The Morgan fingerprint density at radius 2 is 2.15 bits per heavy atom. The van der Waals surface area contributed by atoms with Crippen molar-refractivity contribution in [3.05, 3.63) is 42.4 Å². The van der Waals surface area contributed by atoms with Crippen LogP contribution in [-0.4, -0.2) is 46.5 Å². The summed E-state index contributed by atoms with van der Waals surface area (Å²) in [6, 6.07) is 10.0. The van der Waals surface area contributed by atoms with Gasteiger partial charge in [-0.15, -0.1) is 24.0 Å². The van der Waals surface area contributed by atoms with Gasteiger partial charge in [0.2, 0.25) is 5.89 Å². The number of guanidine groups is 1. The van der Waals surface area contributed by atoms with Crippen LogP contribution in [0.4, 0.5) is 0 Å². The molecule has 26 heavy (non-hydrogen) atoms. The lowest BCUT2D eigenvalue weighted by Crippen LogP contribution is -2.48. The van der Waals surface area contributed by atoms with E-state index < -0.39 is 0 Å². The first-order chi connectivity index (χ1) is 12.3. The number of thioether (sulfide) groups is 1.